The van der Waals surface area contributed by atoms with E-state index in [4.69, 9.17) is 0 Å². The number of carbonyl (C=O) groups is 1. The van der Waals surface area contributed by atoms with Gasteiger partial charge in [-0.15, -0.1) is 0 Å². The summed E-state index contributed by atoms with van der Waals surface area (Å²) in [4.78, 5) is 16.8. The third-order valence-electron chi connectivity index (χ3n) is 4.85. The smallest absolute Gasteiger partial charge is 0.242 e. The number of aromatic nitrogens is 3. The molecule has 9 heteroatoms. The summed E-state index contributed by atoms with van der Waals surface area (Å²) in [6.07, 6.45) is 3.57. The van der Waals surface area contributed by atoms with Crippen LogP contribution in [0, 0.1) is 0 Å². The fraction of sp³-hybridized carbons (Fsp3) is 0.136. The van der Waals surface area contributed by atoms with E-state index < -0.39 is 10.0 Å². The Morgan fingerprint density at radius 3 is 2.39 bits per heavy atom. The molecule has 0 spiro atoms. The van der Waals surface area contributed by atoms with Gasteiger partial charge in [0.15, 0.2) is 5.65 Å². The number of pyridine rings is 1. The molecule has 0 bridgehead atoms. The molecule has 0 saturated heterocycles. The second-order valence-corrected chi connectivity index (χ2v) is 9.36. The molecule has 1 N–H and O–H groups in total. The Kier molecular flexibility index (Phi) is 5.53. The number of carbonyl (C=O) groups excluding carboxylic acids is 1. The second kappa shape index (κ2) is 8.29. The molecule has 0 atom stereocenters. The van der Waals surface area contributed by atoms with E-state index >= 15 is 0 Å². The minimum absolute atomic E-state index is 0.176. The van der Waals surface area contributed by atoms with Crippen LogP contribution in [0.1, 0.15) is 5.56 Å². The SMILES string of the molecule is CN(C)S(=O)(=O)c1ccc(NC(=O)Cc2ccc(-c3ccn4ncnc4c3)cc2)cc1. The topological polar surface area (TPSA) is 96.7 Å². The van der Waals surface area contributed by atoms with E-state index in [0.29, 0.717) is 5.69 Å². The number of hydrogen-bond acceptors (Lipinski definition) is 5. The van der Waals surface area contributed by atoms with Crippen molar-refractivity contribution in [2.24, 2.45) is 0 Å². The van der Waals surface area contributed by atoms with Gasteiger partial charge in [0.05, 0.1) is 11.3 Å². The maximum atomic E-state index is 12.4. The van der Waals surface area contributed by atoms with Crippen LogP contribution < -0.4 is 5.32 Å². The van der Waals surface area contributed by atoms with Crippen LogP contribution >= 0.6 is 0 Å². The van der Waals surface area contributed by atoms with Gasteiger partial charge >= 0.3 is 0 Å². The molecular formula is C22H21N5O3S. The van der Waals surface area contributed by atoms with Gasteiger partial charge in [-0.1, -0.05) is 24.3 Å². The maximum absolute atomic E-state index is 12.4. The lowest BCUT2D eigenvalue weighted by Crippen LogP contribution is -2.22. The van der Waals surface area contributed by atoms with Crippen molar-refractivity contribution in [3.63, 3.8) is 0 Å². The van der Waals surface area contributed by atoms with Gasteiger partial charge in [0.25, 0.3) is 0 Å². The van der Waals surface area contributed by atoms with Gasteiger partial charge in [0, 0.05) is 26.0 Å². The third-order valence-corrected chi connectivity index (χ3v) is 6.68. The molecule has 0 aliphatic heterocycles. The molecule has 0 saturated carbocycles. The van der Waals surface area contributed by atoms with Gasteiger partial charge in [0.2, 0.25) is 15.9 Å². The zero-order valence-corrected chi connectivity index (χ0v) is 17.9. The molecule has 4 rings (SSSR count). The van der Waals surface area contributed by atoms with Crippen molar-refractivity contribution in [2.45, 2.75) is 11.3 Å². The van der Waals surface area contributed by atoms with Crippen LogP contribution in [0.4, 0.5) is 5.69 Å². The maximum Gasteiger partial charge on any atom is 0.242 e. The lowest BCUT2D eigenvalue weighted by atomic mass is 10.0. The Labute approximate surface area is 180 Å². The van der Waals surface area contributed by atoms with Crippen molar-refractivity contribution < 1.29 is 13.2 Å². The first-order chi connectivity index (χ1) is 14.8. The summed E-state index contributed by atoms with van der Waals surface area (Å²) >= 11 is 0. The standard InChI is InChI=1S/C22H21N5O3S/c1-26(2)31(29,30)20-9-7-19(8-10-20)25-22(28)13-16-3-5-17(6-4-16)18-11-12-27-21(14-18)23-15-24-27/h3-12,14-15H,13H2,1-2H3,(H,25,28). The zero-order chi connectivity index (χ0) is 22.0. The number of nitrogens with one attached hydrogen (secondary N) is 1. The summed E-state index contributed by atoms with van der Waals surface area (Å²) in [5.41, 5.74) is 4.22. The lowest BCUT2D eigenvalue weighted by Gasteiger charge is -2.12. The fourth-order valence-electron chi connectivity index (χ4n) is 3.12. The average Bonchev–Trinajstić information content (AvgIpc) is 3.22. The van der Waals surface area contributed by atoms with Gasteiger partial charge < -0.3 is 5.32 Å². The number of fused-ring (bicyclic) bond motifs is 1. The summed E-state index contributed by atoms with van der Waals surface area (Å²) < 4.78 is 27.1. The molecule has 0 fully saturated rings. The summed E-state index contributed by atoms with van der Waals surface area (Å²) in [7, 11) is -0.544. The first-order valence-electron chi connectivity index (χ1n) is 9.54. The average molecular weight is 436 g/mol. The van der Waals surface area contributed by atoms with E-state index in [1.807, 2.05) is 42.6 Å². The normalized spacial score (nSPS) is 11.7. The number of anilines is 1. The van der Waals surface area contributed by atoms with Gasteiger partial charge in [0.1, 0.15) is 6.33 Å². The third kappa shape index (κ3) is 4.47. The van der Waals surface area contributed by atoms with Crippen molar-refractivity contribution in [3.05, 3.63) is 78.8 Å². The van der Waals surface area contributed by atoms with Crippen molar-refractivity contribution in [3.8, 4) is 11.1 Å². The molecule has 4 aromatic rings. The number of hydrogen-bond donors (Lipinski definition) is 1. The van der Waals surface area contributed by atoms with Crippen LogP contribution in [0.5, 0.6) is 0 Å². The van der Waals surface area contributed by atoms with E-state index in [0.717, 1.165) is 26.6 Å². The van der Waals surface area contributed by atoms with Crippen molar-refractivity contribution in [1.29, 1.82) is 0 Å². The van der Waals surface area contributed by atoms with E-state index in [9.17, 15) is 13.2 Å². The Balaban J connectivity index is 1.40. The van der Waals surface area contributed by atoms with Crippen LogP contribution in [-0.4, -0.2) is 47.3 Å². The van der Waals surface area contributed by atoms with Crippen molar-refractivity contribution in [2.75, 3.05) is 19.4 Å². The van der Waals surface area contributed by atoms with E-state index in [2.05, 4.69) is 15.4 Å². The minimum Gasteiger partial charge on any atom is -0.326 e. The predicted octanol–water partition coefficient (Wildman–Crippen LogP) is 2.83. The van der Waals surface area contributed by atoms with Crippen LogP contribution in [-0.2, 0) is 21.2 Å². The first-order valence-corrected chi connectivity index (χ1v) is 11.0. The van der Waals surface area contributed by atoms with E-state index in [-0.39, 0.29) is 17.2 Å². The van der Waals surface area contributed by atoms with E-state index in [1.54, 1.807) is 16.6 Å². The summed E-state index contributed by atoms with van der Waals surface area (Å²) in [5, 5.41) is 6.88. The largest absolute Gasteiger partial charge is 0.326 e. The van der Waals surface area contributed by atoms with Gasteiger partial charge in [-0.3, -0.25) is 4.79 Å². The summed E-state index contributed by atoms with van der Waals surface area (Å²) in [6, 6.07) is 17.8. The number of amides is 1. The Bertz CT molecular complexity index is 1330. The molecule has 1 amide bonds. The van der Waals surface area contributed by atoms with Crippen molar-refractivity contribution >= 4 is 27.3 Å². The van der Waals surface area contributed by atoms with Gasteiger partial charge in [-0.25, -0.2) is 22.2 Å². The monoisotopic (exact) mass is 435 g/mol. The fourth-order valence-corrected chi connectivity index (χ4v) is 4.02. The predicted molar refractivity (Wildman–Crippen MR) is 118 cm³/mol. The second-order valence-electron chi connectivity index (χ2n) is 7.21. The van der Waals surface area contributed by atoms with Gasteiger partial charge in [-0.2, -0.15) is 5.10 Å². The lowest BCUT2D eigenvalue weighted by molar-refractivity contribution is -0.115. The highest BCUT2D eigenvalue weighted by Crippen LogP contribution is 2.21. The van der Waals surface area contributed by atoms with Gasteiger partial charge in [-0.05, 0) is 53.1 Å². The molecule has 0 aliphatic carbocycles. The Morgan fingerprint density at radius 1 is 1.00 bits per heavy atom. The molecule has 0 aliphatic rings. The molecular weight excluding hydrogens is 414 g/mol. The minimum atomic E-state index is -3.49. The molecule has 8 nitrogen and oxygen atoms in total. The Hall–Kier alpha value is -3.56. The van der Waals surface area contributed by atoms with Crippen LogP contribution in [0.2, 0.25) is 0 Å². The highest BCUT2D eigenvalue weighted by atomic mass is 32.2. The molecule has 158 valence electrons. The van der Waals surface area contributed by atoms with E-state index in [1.165, 1.54) is 32.6 Å². The number of nitrogens with zero attached hydrogens (tertiary/aromatic N) is 4. The van der Waals surface area contributed by atoms with Crippen molar-refractivity contribution in [1.82, 2.24) is 18.9 Å². The molecule has 31 heavy (non-hydrogen) atoms. The zero-order valence-electron chi connectivity index (χ0n) is 17.1. The summed E-state index contributed by atoms with van der Waals surface area (Å²) in [6.45, 7) is 0. The highest BCUT2D eigenvalue weighted by molar-refractivity contribution is 7.89. The van der Waals surface area contributed by atoms with Crippen LogP contribution in [0.25, 0.3) is 16.8 Å². The highest BCUT2D eigenvalue weighted by Gasteiger charge is 2.16. The number of benzene rings is 2. The molecule has 2 heterocycles. The summed E-state index contributed by atoms with van der Waals surface area (Å²) in [5.74, 6) is -0.180. The molecule has 0 unspecified atom stereocenters. The molecule has 2 aromatic heterocycles. The molecule has 0 radical (unpaired) electrons. The van der Waals surface area contributed by atoms with Crippen LogP contribution in [0.15, 0.2) is 78.1 Å². The quantitative estimate of drug-likeness (QED) is 0.502. The number of rotatable bonds is 6. The number of sulfonamides is 1. The Morgan fingerprint density at radius 2 is 1.71 bits per heavy atom. The first kappa shape index (κ1) is 20.7. The molecule has 2 aromatic carbocycles. The van der Waals surface area contributed by atoms with Crippen LogP contribution in [0.3, 0.4) is 0 Å².